The minimum absolute atomic E-state index is 0.0910. The normalized spacial score (nSPS) is 11.7. The number of hydrogen-bond donors (Lipinski definition) is 0. The van der Waals surface area contributed by atoms with E-state index in [1.807, 2.05) is 44.2 Å². The second-order valence-electron chi connectivity index (χ2n) is 4.33. The maximum Gasteiger partial charge on any atom is 0.410 e. The molecular weight excluding hydrogens is 242 g/mol. The summed E-state index contributed by atoms with van der Waals surface area (Å²) < 4.78 is 5.17. The van der Waals surface area contributed by atoms with Gasteiger partial charge in [-0.3, -0.25) is 4.79 Å². The van der Waals surface area contributed by atoms with Gasteiger partial charge in [-0.15, -0.1) is 0 Å². The lowest BCUT2D eigenvalue weighted by atomic mass is 10.1. The number of rotatable bonds is 6. The van der Waals surface area contributed by atoms with Gasteiger partial charge in [-0.2, -0.15) is 0 Å². The van der Waals surface area contributed by atoms with Crippen molar-refractivity contribution in [3.8, 4) is 0 Å². The first kappa shape index (κ1) is 15.2. The smallest absolute Gasteiger partial charge is 0.410 e. The van der Waals surface area contributed by atoms with Gasteiger partial charge < -0.3 is 9.64 Å². The zero-order valence-corrected chi connectivity index (χ0v) is 11.8. The van der Waals surface area contributed by atoms with Crippen LogP contribution in [0.4, 0.5) is 4.79 Å². The van der Waals surface area contributed by atoms with Gasteiger partial charge in [0.1, 0.15) is 0 Å². The fourth-order valence-corrected chi connectivity index (χ4v) is 1.71. The van der Waals surface area contributed by atoms with E-state index in [-0.39, 0.29) is 12.2 Å². The molecule has 0 aromatic heterocycles. The van der Waals surface area contributed by atoms with Crippen LogP contribution in [0.25, 0.3) is 0 Å². The third kappa shape index (κ3) is 4.73. The Balaban J connectivity index is 2.51. The van der Waals surface area contributed by atoms with Crippen LogP contribution in [0.3, 0.4) is 0 Å². The van der Waals surface area contributed by atoms with Crippen molar-refractivity contribution in [3.63, 3.8) is 0 Å². The van der Waals surface area contributed by atoms with Crippen LogP contribution in [0.1, 0.15) is 26.3 Å². The number of carbonyl (C=O) groups is 2. The first-order valence-corrected chi connectivity index (χ1v) is 6.60. The number of Topliss-reactive ketones (excluding diaryl/α,β-unsaturated/α-hetero) is 1. The van der Waals surface area contributed by atoms with E-state index in [4.69, 9.17) is 4.74 Å². The van der Waals surface area contributed by atoms with Gasteiger partial charge in [0.05, 0.1) is 0 Å². The second-order valence-corrected chi connectivity index (χ2v) is 4.33. The molecule has 0 saturated carbocycles. The minimum Gasteiger partial charge on any atom is -0.438 e. The molecular formula is C15H21NO3. The van der Waals surface area contributed by atoms with Crippen molar-refractivity contribution >= 4 is 11.9 Å². The fraction of sp³-hybridized carbons (Fsp3) is 0.467. The lowest BCUT2D eigenvalue weighted by Gasteiger charge is -2.20. The van der Waals surface area contributed by atoms with Gasteiger partial charge in [0.25, 0.3) is 0 Å². The number of ketones is 1. The number of benzene rings is 1. The lowest BCUT2D eigenvalue weighted by Crippen LogP contribution is -2.36. The number of ether oxygens (including phenoxy) is 1. The van der Waals surface area contributed by atoms with Crippen molar-refractivity contribution in [2.75, 3.05) is 13.1 Å². The maximum absolute atomic E-state index is 12.0. The van der Waals surface area contributed by atoms with Crippen LogP contribution < -0.4 is 0 Å². The van der Waals surface area contributed by atoms with Gasteiger partial charge >= 0.3 is 6.09 Å². The fourth-order valence-electron chi connectivity index (χ4n) is 1.71. The Bertz CT molecular complexity index is 413. The van der Waals surface area contributed by atoms with Gasteiger partial charge in [-0.1, -0.05) is 30.3 Å². The molecule has 0 aliphatic rings. The number of amides is 1. The number of hydrogen-bond acceptors (Lipinski definition) is 3. The van der Waals surface area contributed by atoms with E-state index in [1.165, 1.54) is 0 Å². The topological polar surface area (TPSA) is 46.6 Å². The highest BCUT2D eigenvalue weighted by Crippen LogP contribution is 2.06. The van der Waals surface area contributed by atoms with Crippen molar-refractivity contribution in [2.24, 2.45) is 0 Å². The van der Waals surface area contributed by atoms with Gasteiger partial charge in [-0.25, -0.2) is 4.79 Å². The van der Waals surface area contributed by atoms with Crippen LogP contribution in [0.5, 0.6) is 0 Å². The predicted molar refractivity (Wildman–Crippen MR) is 74.0 cm³/mol. The molecule has 1 amide bonds. The Morgan fingerprint density at radius 1 is 1.16 bits per heavy atom. The summed E-state index contributed by atoms with van der Waals surface area (Å²) in [7, 11) is 0. The van der Waals surface area contributed by atoms with Crippen molar-refractivity contribution < 1.29 is 14.3 Å². The standard InChI is InChI=1S/C15H21NO3/c1-4-16(5-2)15(18)19-12(3)14(17)11-13-9-7-6-8-10-13/h6-10,12H,4-5,11H2,1-3H3. The van der Waals surface area contributed by atoms with E-state index in [0.717, 1.165) is 5.56 Å². The Labute approximate surface area is 114 Å². The van der Waals surface area contributed by atoms with Gasteiger partial charge in [0.15, 0.2) is 11.9 Å². The third-order valence-electron chi connectivity index (χ3n) is 2.97. The molecule has 4 nitrogen and oxygen atoms in total. The van der Waals surface area contributed by atoms with E-state index < -0.39 is 12.2 Å². The van der Waals surface area contributed by atoms with Crippen LogP contribution in [0.2, 0.25) is 0 Å². The van der Waals surface area contributed by atoms with E-state index in [0.29, 0.717) is 13.1 Å². The van der Waals surface area contributed by atoms with Crippen LogP contribution in [0.15, 0.2) is 30.3 Å². The summed E-state index contributed by atoms with van der Waals surface area (Å²) in [6.45, 7) is 6.53. The highest BCUT2D eigenvalue weighted by atomic mass is 16.6. The summed E-state index contributed by atoms with van der Waals surface area (Å²) in [5, 5.41) is 0. The molecule has 104 valence electrons. The monoisotopic (exact) mass is 263 g/mol. The molecule has 0 spiro atoms. The van der Waals surface area contributed by atoms with E-state index >= 15 is 0 Å². The maximum atomic E-state index is 12.0. The molecule has 0 aliphatic heterocycles. The van der Waals surface area contributed by atoms with Crippen LogP contribution >= 0.6 is 0 Å². The zero-order chi connectivity index (χ0) is 14.3. The molecule has 0 bridgehead atoms. The molecule has 1 aromatic carbocycles. The molecule has 0 heterocycles. The molecule has 1 rings (SSSR count). The predicted octanol–water partition coefficient (Wildman–Crippen LogP) is 2.67. The summed E-state index contributed by atoms with van der Waals surface area (Å²) in [5.41, 5.74) is 0.929. The van der Waals surface area contributed by atoms with Gasteiger partial charge in [0, 0.05) is 19.5 Å². The van der Waals surface area contributed by atoms with Crippen LogP contribution in [-0.2, 0) is 16.0 Å². The Morgan fingerprint density at radius 3 is 2.26 bits per heavy atom. The summed E-state index contributed by atoms with van der Waals surface area (Å²) >= 11 is 0. The number of carbonyl (C=O) groups excluding carboxylic acids is 2. The molecule has 1 aromatic rings. The van der Waals surface area contributed by atoms with Crippen molar-refractivity contribution in [1.82, 2.24) is 4.90 Å². The summed E-state index contributed by atoms with van der Waals surface area (Å²) in [6.07, 6.45) is -0.861. The molecule has 0 N–H and O–H groups in total. The molecule has 0 radical (unpaired) electrons. The largest absolute Gasteiger partial charge is 0.438 e. The number of nitrogens with zero attached hydrogens (tertiary/aromatic N) is 1. The highest BCUT2D eigenvalue weighted by Gasteiger charge is 2.20. The van der Waals surface area contributed by atoms with E-state index in [2.05, 4.69) is 0 Å². The first-order valence-electron chi connectivity index (χ1n) is 6.60. The SMILES string of the molecule is CCN(CC)C(=O)OC(C)C(=O)Cc1ccccc1. The molecule has 0 fully saturated rings. The Morgan fingerprint density at radius 2 is 1.74 bits per heavy atom. The molecule has 19 heavy (non-hydrogen) atoms. The highest BCUT2D eigenvalue weighted by molar-refractivity contribution is 5.86. The quantitative estimate of drug-likeness (QED) is 0.792. The van der Waals surface area contributed by atoms with Crippen LogP contribution in [-0.4, -0.2) is 36.0 Å². The van der Waals surface area contributed by atoms with Crippen molar-refractivity contribution in [1.29, 1.82) is 0 Å². The van der Waals surface area contributed by atoms with Crippen molar-refractivity contribution in [3.05, 3.63) is 35.9 Å². The zero-order valence-electron chi connectivity index (χ0n) is 11.8. The Hall–Kier alpha value is -1.84. The van der Waals surface area contributed by atoms with Gasteiger partial charge in [0.2, 0.25) is 0 Å². The molecule has 1 atom stereocenters. The average molecular weight is 263 g/mol. The average Bonchev–Trinajstić information content (AvgIpc) is 2.41. The molecule has 1 unspecified atom stereocenters. The Kier molecular flexibility index (Phi) is 6.06. The molecule has 0 saturated heterocycles. The third-order valence-corrected chi connectivity index (χ3v) is 2.97. The van der Waals surface area contributed by atoms with E-state index in [9.17, 15) is 9.59 Å². The molecule has 0 aliphatic carbocycles. The van der Waals surface area contributed by atoms with Crippen molar-refractivity contribution in [2.45, 2.75) is 33.3 Å². The summed E-state index contributed by atoms with van der Waals surface area (Å²) in [5.74, 6) is -0.0910. The van der Waals surface area contributed by atoms with E-state index in [1.54, 1.807) is 11.8 Å². The second kappa shape index (κ2) is 7.56. The minimum atomic E-state index is -0.715. The first-order chi connectivity index (χ1) is 9.08. The molecule has 4 heteroatoms. The summed E-state index contributed by atoms with van der Waals surface area (Å²) in [4.78, 5) is 25.2. The lowest BCUT2D eigenvalue weighted by molar-refractivity contribution is -0.126. The van der Waals surface area contributed by atoms with Crippen LogP contribution in [0, 0.1) is 0 Å². The van der Waals surface area contributed by atoms with Gasteiger partial charge in [-0.05, 0) is 26.3 Å². The summed E-state index contributed by atoms with van der Waals surface area (Å²) in [6, 6.07) is 9.44.